The zero-order valence-corrected chi connectivity index (χ0v) is 11.6. The number of nitrogens with zero attached hydrogens (tertiary/aromatic N) is 2. The van der Waals surface area contributed by atoms with Crippen molar-refractivity contribution in [1.29, 1.82) is 0 Å². The highest BCUT2D eigenvalue weighted by atomic mass is 127. The van der Waals surface area contributed by atoms with E-state index in [2.05, 4.69) is 32.6 Å². The third-order valence-electron chi connectivity index (χ3n) is 1.97. The van der Waals surface area contributed by atoms with Gasteiger partial charge in [-0.25, -0.2) is 9.97 Å². The smallest absolute Gasteiger partial charge is 0.172 e. The van der Waals surface area contributed by atoms with Crippen molar-refractivity contribution in [3.8, 4) is 10.7 Å². The van der Waals surface area contributed by atoms with Gasteiger partial charge in [0, 0.05) is 7.11 Å². The van der Waals surface area contributed by atoms with Crippen molar-refractivity contribution in [1.82, 2.24) is 9.97 Å². The molecule has 16 heavy (non-hydrogen) atoms. The Hall–Kier alpha value is -0.730. The molecule has 0 spiro atoms. The molecule has 2 rings (SSSR count). The summed E-state index contributed by atoms with van der Waals surface area (Å²) < 4.78 is 5.95. The molecule has 2 N–H and O–H groups in total. The standard InChI is InChI=1S/C10H10IN3OS/c1-15-5-6-8(11)9(12)14-10(13-6)7-3-2-4-16-7/h2-4H,5H2,1H3,(H2,12,13,14). The van der Waals surface area contributed by atoms with Gasteiger partial charge >= 0.3 is 0 Å². The van der Waals surface area contributed by atoms with Crippen LogP contribution in [0, 0.1) is 3.57 Å². The van der Waals surface area contributed by atoms with E-state index in [0.29, 0.717) is 18.2 Å². The molecule has 0 aliphatic heterocycles. The first-order valence-electron chi connectivity index (χ1n) is 4.57. The number of methoxy groups -OCH3 is 1. The van der Waals surface area contributed by atoms with Gasteiger partial charge < -0.3 is 10.5 Å². The van der Waals surface area contributed by atoms with E-state index in [-0.39, 0.29) is 0 Å². The minimum atomic E-state index is 0.448. The highest BCUT2D eigenvalue weighted by Gasteiger charge is 2.11. The van der Waals surface area contributed by atoms with Crippen LogP contribution in [-0.2, 0) is 11.3 Å². The average Bonchev–Trinajstić information content (AvgIpc) is 2.78. The van der Waals surface area contributed by atoms with Crippen molar-refractivity contribution < 1.29 is 4.74 Å². The Morgan fingerprint density at radius 3 is 2.94 bits per heavy atom. The van der Waals surface area contributed by atoms with Gasteiger partial charge in [0.25, 0.3) is 0 Å². The lowest BCUT2D eigenvalue weighted by Crippen LogP contribution is -2.05. The number of ether oxygens (including phenoxy) is 1. The van der Waals surface area contributed by atoms with Gasteiger partial charge in [-0.05, 0) is 34.0 Å². The number of hydrogen-bond acceptors (Lipinski definition) is 5. The second kappa shape index (κ2) is 5.07. The van der Waals surface area contributed by atoms with Gasteiger partial charge in [-0.1, -0.05) is 6.07 Å². The van der Waals surface area contributed by atoms with Gasteiger partial charge in [0.15, 0.2) is 5.82 Å². The highest BCUT2D eigenvalue weighted by molar-refractivity contribution is 14.1. The van der Waals surface area contributed by atoms with Crippen molar-refractivity contribution in [2.75, 3.05) is 12.8 Å². The lowest BCUT2D eigenvalue weighted by Gasteiger charge is -2.07. The maximum absolute atomic E-state index is 5.85. The van der Waals surface area contributed by atoms with E-state index in [1.165, 1.54) is 0 Å². The van der Waals surface area contributed by atoms with E-state index >= 15 is 0 Å². The second-order valence-corrected chi connectivity index (χ2v) is 5.13. The molecule has 2 aromatic heterocycles. The Kier molecular flexibility index (Phi) is 3.72. The SMILES string of the molecule is COCc1nc(-c2cccs2)nc(N)c1I. The Morgan fingerprint density at radius 1 is 1.50 bits per heavy atom. The summed E-state index contributed by atoms with van der Waals surface area (Å²) in [5.74, 6) is 1.17. The fourth-order valence-electron chi connectivity index (χ4n) is 1.26. The summed E-state index contributed by atoms with van der Waals surface area (Å²) in [5.41, 5.74) is 6.68. The first kappa shape index (κ1) is 11.7. The third-order valence-corrected chi connectivity index (χ3v) is 4.01. The number of nitrogens with two attached hydrogens (primary N) is 1. The minimum Gasteiger partial charge on any atom is -0.383 e. The van der Waals surface area contributed by atoms with E-state index in [1.807, 2.05) is 17.5 Å². The number of nitrogen functional groups attached to an aromatic ring is 1. The van der Waals surface area contributed by atoms with Crippen LogP contribution in [0.25, 0.3) is 10.7 Å². The maximum Gasteiger partial charge on any atom is 0.172 e. The Morgan fingerprint density at radius 2 is 2.31 bits per heavy atom. The number of hydrogen-bond donors (Lipinski definition) is 1. The third kappa shape index (κ3) is 2.33. The number of aromatic nitrogens is 2. The molecular weight excluding hydrogens is 337 g/mol. The van der Waals surface area contributed by atoms with E-state index in [1.54, 1.807) is 18.4 Å². The quantitative estimate of drug-likeness (QED) is 0.867. The first-order valence-corrected chi connectivity index (χ1v) is 6.53. The molecule has 0 atom stereocenters. The Balaban J connectivity index is 2.48. The van der Waals surface area contributed by atoms with Gasteiger partial charge in [0.2, 0.25) is 0 Å². The molecule has 0 radical (unpaired) electrons. The molecular formula is C10H10IN3OS. The number of thiophene rings is 1. The summed E-state index contributed by atoms with van der Waals surface area (Å²) in [7, 11) is 1.64. The molecule has 4 nitrogen and oxygen atoms in total. The Labute approximate surface area is 111 Å². The van der Waals surface area contributed by atoms with Crippen molar-refractivity contribution >= 4 is 39.7 Å². The molecule has 2 heterocycles. The fraction of sp³-hybridized carbons (Fsp3) is 0.200. The predicted octanol–water partition coefficient (Wildman–Crippen LogP) is 2.54. The fourth-order valence-corrected chi connectivity index (χ4v) is 2.32. The van der Waals surface area contributed by atoms with E-state index < -0.39 is 0 Å². The van der Waals surface area contributed by atoms with E-state index in [0.717, 1.165) is 14.1 Å². The summed E-state index contributed by atoms with van der Waals surface area (Å²) in [6, 6.07) is 3.94. The lowest BCUT2D eigenvalue weighted by molar-refractivity contribution is 0.181. The predicted molar refractivity (Wildman–Crippen MR) is 73.2 cm³/mol. The van der Waals surface area contributed by atoms with E-state index in [4.69, 9.17) is 10.5 Å². The van der Waals surface area contributed by atoms with Crippen LogP contribution in [0.1, 0.15) is 5.69 Å². The molecule has 0 fully saturated rings. The van der Waals surface area contributed by atoms with Crippen molar-refractivity contribution in [2.45, 2.75) is 6.61 Å². The largest absolute Gasteiger partial charge is 0.383 e. The molecule has 0 aromatic carbocycles. The van der Waals surface area contributed by atoms with Crippen LogP contribution in [0.3, 0.4) is 0 Å². The molecule has 0 saturated heterocycles. The summed E-state index contributed by atoms with van der Waals surface area (Å²) in [6.45, 7) is 0.448. The van der Waals surface area contributed by atoms with E-state index in [9.17, 15) is 0 Å². The van der Waals surface area contributed by atoms with Crippen LogP contribution >= 0.6 is 33.9 Å². The van der Waals surface area contributed by atoms with Gasteiger partial charge in [0.1, 0.15) is 5.82 Å². The second-order valence-electron chi connectivity index (χ2n) is 3.10. The normalized spacial score (nSPS) is 10.6. The van der Waals surface area contributed by atoms with Gasteiger partial charge in [-0.2, -0.15) is 0 Å². The van der Waals surface area contributed by atoms with Crippen molar-refractivity contribution in [2.24, 2.45) is 0 Å². The number of anilines is 1. The highest BCUT2D eigenvalue weighted by Crippen LogP contribution is 2.25. The van der Waals surface area contributed by atoms with Crippen LogP contribution in [0.5, 0.6) is 0 Å². The summed E-state index contributed by atoms with van der Waals surface area (Å²) in [4.78, 5) is 9.74. The molecule has 2 aromatic rings. The number of rotatable bonds is 3. The molecule has 0 amide bonds. The van der Waals surface area contributed by atoms with Crippen LogP contribution in [0.2, 0.25) is 0 Å². The monoisotopic (exact) mass is 347 g/mol. The zero-order valence-electron chi connectivity index (χ0n) is 8.61. The van der Waals surface area contributed by atoms with Gasteiger partial charge in [-0.15, -0.1) is 11.3 Å². The van der Waals surface area contributed by atoms with Crippen LogP contribution in [0.4, 0.5) is 5.82 Å². The molecule has 84 valence electrons. The molecule has 0 unspecified atom stereocenters. The molecule has 0 saturated carbocycles. The van der Waals surface area contributed by atoms with Gasteiger partial charge in [-0.3, -0.25) is 0 Å². The zero-order chi connectivity index (χ0) is 11.5. The van der Waals surface area contributed by atoms with Crippen LogP contribution in [0.15, 0.2) is 17.5 Å². The first-order chi connectivity index (χ1) is 7.72. The topological polar surface area (TPSA) is 61.0 Å². The van der Waals surface area contributed by atoms with Crippen LogP contribution < -0.4 is 5.73 Å². The van der Waals surface area contributed by atoms with Crippen molar-refractivity contribution in [3.05, 3.63) is 26.8 Å². The number of halogens is 1. The summed E-state index contributed by atoms with van der Waals surface area (Å²) in [6.07, 6.45) is 0. The Bertz CT molecular complexity index is 487. The summed E-state index contributed by atoms with van der Waals surface area (Å²) >= 11 is 3.73. The molecule has 0 aliphatic rings. The van der Waals surface area contributed by atoms with Crippen LogP contribution in [-0.4, -0.2) is 17.1 Å². The molecule has 6 heteroatoms. The maximum atomic E-state index is 5.85. The van der Waals surface area contributed by atoms with Crippen molar-refractivity contribution in [3.63, 3.8) is 0 Å². The molecule has 0 aliphatic carbocycles. The average molecular weight is 347 g/mol. The minimum absolute atomic E-state index is 0.448. The van der Waals surface area contributed by atoms with Gasteiger partial charge in [0.05, 0.1) is 20.7 Å². The lowest BCUT2D eigenvalue weighted by atomic mass is 10.3. The summed E-state index contributed by atoms with van der Waals surface area (Å²) in [5, 5.41) is 1.99. The molecule has 0 bridgehead atoms.